The number of amides is 2. The van der Waals surface area contributed by atoms with Crippen LogP contribution in [0.15, 0.2) is 30.3 Å². The lowest BCUT2D eigenvalue weighted by atomic mass is 9.93. The van der Waals surface area contributed by atoms with Crippen molar-refractivity contribution in [1.29, 1.82) is 0 Å². The summed E-state index contributed by atoms with van der Waals surface area (Å²) in [7, 11) is 0. The number of hydrogen-bond donors (Lipinski definition) is 0. The molecule has 5 nitrogen and oxygen atoms in total. The van der Waals surface area contributed by atoms with Crippen molar-refractivity contribution in [1.82, 2.24) is 14.7 Å². The molecule has 0 N–H and O–H groups in total. The van der Waals surface area contributed by atoms with Crippen LogP contribution in [-0.4, -0.2) is 65.3 Å². The molecule has 2 amide bonds. The van der Waals surface area contributed by atoms with Crippen molar-refractivity contribution >= 4 is 11.8 Å². The molecule has 3 fully saturated rings. The maximum absolute atomic E-state index is 13.2. The number of nitrogens with zero attached hydrogens (tertiary/aromatic N) is 3. The summed E-state index contributed by atoms with van der Waals surface area (Å²) in [6.07, 6.45) is 10.0. The van der Waals surface area contributed by atoms with E-state index >= 15 is 0 Å². The number of rotatable bonds is 5. The van der Waals surface area contributed by atoms with E-state index < -0.39 is 0 Å². The second kappa shape index (κ2) is 10.4. The van der Waals surface area contributed by atoms with E-state index in [0.29, 0.717) is 13.0 Å². The molecule has 1 aromatic rings. The number of piperazine rings is 1. The molecule has 1 aliphatic carbocycles. The van der Waals surface area contributed by atoms with Gasteiger partial charge in [-0.3, -0.25) is 14.5 Å². The second-order valence-electron chi connectivity index (χ2n) is 9.35. The van der Waals surface area contributed by atoms with Crippen LogP contribution >= 0.6 is 0 Å². The fraction of sp³-hybridized carbons (Fsp3) is 0.680. The van der Waals surface area contributed by atoms with E-state index in [2.05, 4.69) is 17.0 Å². The number of carbonyl (C=O) groups excluding carboxylic acids is 2. The molecule has 1 saturated carbocycles. The molecule has 2 heterocycles. The predicted octanol–water partition coefficient (Wildman–Crippen LogP) is 3.68. The summed E-state index contributed by atoms with van der Waals surface area (Å²) in [5.41, 5.74) is 1.16. The van der Waals surface area contributed by atoms with Gasteiger partial charge in [0.2, 0.25) is 11.8 Å². The molecule has 3 aliphatic rings. The SMILES string of the molecule is O=C(CC1CCCCN(Cc2ccccc2)C1=O)N1CCN(C2CCCCC2)CC1. The minimum absolute atomic E-state index is 0.153. The van der Waals surface area contributed by atoms with Gasteiger partial charge in [-0.05, 0) is 31.2 Å². The van der Waals surface area contributed by atoms with Crippen molar-refractivity contribution in [2.45, 2.75) is 70.4 Å². The van der Waals surface area contributed by atoms with Crippen molar-refractivity contribution in [2.24, 2.45) is 5.92 Å². The van der Waals surface area contributed by atoms with Crippen LogP contribution in [0.1, 0.15) is 63.4 Å². The van der Waals surface area contributed by atoms with Gasteiger partial charge in [0.05, 0.1) is 0 Å². The minimum Gasteiger partial charge on any atom is -0.340 e. The Morgan fingerprint density at radius 1 is 0.833 bits per heavy atom. The van der Waals surface area contributed by atoms with Gasteiger partial charge in [0.15, 0.2) is 0 Å². The highest BCUT2D eigenvalue weighted by atomic mass is 16.2. The number of carbonyl (C=O) groups is 2. The smallest absolute Gasteiger partial charge is 0.226 e. The van der Waals surface area contributed by atoms with Gasteiger partial charge in [-0.1, -0.05) is 56.0 Å². The van der Waals surface area contributed by atoms with Crippen molar-refractivity contribution in [3.05, 3.63) is 35.9 Å². The average molecular weight is 412 g/mol. The van der Waals surface area contributed by atoms with Gasteiger partial charge < -0.3 is 9.80 Å². The molecule has 0 radical (unpaired) electrons. The Morgan fingerprint density at radius 3 is 2.27 bits per heavy atom. The first-order chi connectivity index (χ1) is 14.7. The van der Waals surface area contributed by atoms with Crippen LogP contribution in [0.4, 0.5) is 0 Å². The van der Waals surface area contributed by atoms with Gasteiger partial charge in [-0.15, -0.1) is 0 Å². The lowest BCUT2D eigenvalue weighted by Crippen LogP contribution is -2.52. The van der Waals surface area contributed by atoms with Crippen LogP contribution in [0, 0.1) is 5.92 Å². The number of hydrogen-bond acceptors (Lipinski definition) is 3. The first-order valence-electron chi connectivity index (χ1n) is 12.1. The molecule has 1 atom stereocenters. The molecule has 0 aromatic heterocycles. The quantitative estimate of drug-likeness (QED) is 0.742. The largest absolute Gasteiger partial charge is 0.340 e. The zero-order valence-corrected chi connectivity index (χ0v) is 18.3. The van der Waals surface area contributed by atoms with E-state index in [9.17, 15) is 9.59 Å². The monoisotopic (exact) mass is 411 g/mol. The zero-order chi connectivity index (χ0) is 20.8. The fourth-order valence-electron chi connectivity index (χ4n) is 5.46. The van der Waals surface area contributed by atoms with E-state index in [4.69, 9.17) is 0 Å². The van der Waals surface area contributed by atoms with E-state index in [-0.39, 0.29) is 17.7 Å². The first kappa shape index (κ1) is 21.4. The van der Waals surface area contributed by atoms with Gasteiger partial charge in [-0.2, -0.15) is 0 Å². The van der Waals surface area contributed by atoms with E-state index in [0.717, 1.165) is 63.6 Å². The molecule has 2 aliphatic heterocycles. The Hall–Kier alpha value is -1.88. The van der Waals surface area contributed by atoms with Gasteiger partial charge in [0, 0.05) is 57.6 Å². The van der Waals surface area contributed by atoms with Crippen LogP contribution in [0.25, 0.3) is 0 Å². The van der Waals surface area contributed by atoms with Crippen LogP contribution in [-0.2, 0) is 16.1 Å². The van der Waals surface area contributed by atoms with Gasteiger partial charge in [-0.25, -0.2) is 0 Å². The van der Waals surface area contributed by atoms with Crippen molar-refractivity contribution in [3.8, 4) is 0 Å². The van der Waals surface area contributed by atoms with Gasteiger partial charge in [0.1, 0.15) is 0 Å². The molecule has 164 valence electrons. The molecule has 1 aromatic carbocycles. The third kappa shape index (κ3) is 5.42. The van der Waals surface area contributed by atoms with E-state index in [1.54, 1.807) is 0 Å². The second-order valence-corrected chi connectivity index (χ2v) is 9.35. The maximum Gasteiger partial charge on any atom is 0.226 e. The zero-order valence-electron chi connectivity index (χ0n) is 18.3. The van der Waals surface area contributed by atoms with Gasteiger partial charge >= 0.3 is 0 Å². The summed E-state index contributed by atoms with van der Waals surface area (Å²) in [5.74, 6) is 0.198. The molecule has 1 unspecified atom stereocenters. The molecule has 4 rings (SSSR count). The summed E-state index contributed by atoms with van der Waals surface area (Å²) in [6, 6.07) is 10.9. The summed E-state index contributed by atoms with van der Waals surface area (Å²) < 4.78 is 0. The highest BCUT2D eigenvalue weighted by molar-refractivity contribution is 5.86. The fourth-order valence-corrected chi connectivity index (χ4v) is 5.46. The Kier molecular flexibility index (Phi) is 7.42. The Balaban J connectivity index is 1.29. The minimum atomic E-state index is -0.153. The third-order valence-corrected chi connectivity index (χ3v) is 7.29. The summed E-state index contributed by atoms with van der Waals surface area (Å²) >= 11 is 0. The predicted molar refractivity (Wildman–Crippen MR) is 119 cm³/mol. The number of benzene rings is 1. The molecular weight excluding hydrogens is 374 g/mol. The number of likely N-dealkylation sites (tertiary alicyclic amines) is 1. The summed E-state index contributed by atoms with van der Waals surface area (Å²) in [6.45, 7) is 5.10. The molecule has 0 spiro atoms. The Bertz CT molecular complexity index is 694. The maximum atomic E-state index is 13.2. The summed E-state index contributed by atoms with van der Waals surface area (Å²) in [4.78, 5) is 32.8. The molecular formula is C25H37N3O2. The highest BCUT2D eigenvalue weighted by Gasteiger charge is 2.32. The molecule has 30 heavy (non-hydrogen) atoms. The molecule has 2 saturated heterocycles. The van der Waals surface area contributed by atoms with Crippen molar-refractivity contribution in [2.75, 3.05) is 32.7 Å². The van der Waals surface area contributed by atoms with Crippen LogP contribution in [0.5, 0.6) is 0 Å². The Labute approximate surface area is 181 Å². The standard InChI is InChI=1S/C25H37N3O2/c29-24(27-17-15-26(16-18-27)23-12-5-2-6-13-23)19-22-11-7-8-14-28(25(22)30)20-21-9-3-1-4-10-21/h1,3-4,9-10,22-23H,2,5-8,11-20H2. The first-order valence-corrected chi connectivity index (χ1v) is 12.1. The van der Waals surface area contributed by atoms with Crippen LogP contribution in [0.2, 0.25) is 0 Å². The molecule has 5 heteroatoms. The van der Waals surface area contributed by atoms with Crippen LogP contribution in [0.3, 0.4) is 0 Å². The molecule has 0 bridgehead atoms. The third-order valence-electron chi connectivity index (χ3n) is 7.29. The van der Waals surface area contributed by atoms with Crippen molar-refractivity contribution < 1.29 is 9.59 Å². The van der Waals surface area contributed by atoms with Crippen LogP contribution < -0.4 is 0 Å². The lowest BCUT2D eigenvalue weighted by molar-refractivity contribution is -0.142. The van der Waals surface area contributed by atoms with Gasteiger partial charge in [0.25, 0.3) is 0 Å². The topological polar surface area (TPSA) is 43.9 Å². The summed E-state index contributed by atoms with van der Waals surface area (Å²) in [5, 5.41) is 0. The van der Waals surface area contributed by atoms with Crippen molar-refractivity contribution in [3.63, 3.8) is 0 Å². The van der Waals surface area contributed by atoms with E-state index in [1.165, 1.54) is 32.1 Å². The normalized spacial score (nSPS) is 24.7. The lowest BCUT2D eigenvalue weighted by Gasteiger charge is -2.41. The highest BCUT2D eigenvalue weighted by Crippen LogP contribution is 2.26. The average Bonchev–Trinajstić information content (AvgIpc) is 2.97. The Morgan fingerprint density at radius 2 is 1.53 bits per heavy atom. The van der Waals surface area contributed by atoms with E-state index in [1.807, 2.05) is 28.0 Å².